The van der Waals surface area contributed by atoms with Crippen LogP contribution < -0.4 is 30.4 Å². The van der Waals surface area contributed by atoms with Crippen LogP contribution in [0.5, 0.6) is 23.0 Å². The van der Waals surface area contributed by atoms with Crippen molar-refractivity contribution in [3.63, 3.8) is 0 Å². The second kappa shape index (κ2) is 12.0. The van der Waals surface area contributed by atoms with Gasteiger partial charge in [-0.15, -0.1) is 0 Å². The Bertz CT molecular complexity index is 1760. The highest BCUT2D eigenvalue weighted by atomic mass is 32.2. The summed E-state index contributed by atoms with van der Waals surface area (Å²) in [6.07, 6.45) is -2.09. The van der Waals surface area contributed by atoms with Gasteiger partial charge in [0.25, 0.3) is 10.0 Å². The first-order valence-corrected chi connectivity index (χ1v) is 14.2. The molecule has 0 aliphatic carbocycles. The molecular formula is C26H31F3N6O6S. The van der Waals surface area contributed by atoms with E-state index >= 15 is 0 Å². The van der Waals surface area contributed by atoms with E-state index in [-0.39, 0.29) is 45.9 Å². The van der Waals surface area contributed by atoms with Gasteiger partial charge in [0.2, 0.25) is 0 Å². The highest BCUT2D eigenvalue weighted by Crippen LogP contribution is 2.38. The normalized spacial score (nSPS) is 12.1. The maximum atomic E-state index is 13.3. The van der Waals surface area contributed by atoms with Gasteiger partial charge in [-0.25, -0.2) is 13.2 Å². The number of hydrogen-bond acceptors (Lipinski definition) is 8. The molecule has 3 N–H and O–H groups in total. The summed E-state index contributed by atoms with van der Waals surface area (Å²) in [4.78, 5) is 12.5. The minimum absolute atomic E-state index is 0.00165. The van der Waals surface area contributed by atoms with E-state index in [1.54, 1.807) is 14.0 Å². The van der Waals surface area contributed by atoms with E-state index in [2.05, 4.69) is 9.82 Å². The summed E-state index contributed by atoms with van der Waals surface area (Å²) in [5.41, 5.74) is 6.32. The molecule has 0 amide bonds. The van der Waals surface area contributed by atoms with Crippen LogP contribution in [-0.2, 0) is 31.2 Å². The number of fused-ring (bicyclic) bond motifs is 1. The molecule has 0 aliphatic heterocycles. The lowest BCUT2D eigenvalue weighted by molar-refractivity contribution is -0.153. The van der Waals surface area contributed by atoms with Crippen molar-refractivity contribution in [2.24, 2.45) is 26.9 Å². The fraction of sp³-hybridized carbons (Fsp3) is 0.385. The Morgan fingerprint density at radius 1 is 0.952 bits per heavy atom. The van der Waals surface area contributed by atoms with Crippen molar-refractivity contribution in [2.45, 2.75) is 30.8 Å². The third kappa shape index (κ3) is 6.82. The maximum absolute atomic E-state index is 13.3. The standard InChI is InChI=1S/C26H31F3N6O6S/c1-16-24(14-31-35(16)4)42(37,38)32-20-12-21-22(34(3)25(36)33(21)2)13-23(20)41-19-10-17(39-8-6-5-7-30)9-18(11-19)40-15-26(27,28)29/h9-14,32H,5-8,15,30H2,1-4H3. The number of aromatic nitrogens is 4. The number of imidazole rings is 1. The monoisotopic (exact) mass is 612 g/mol. The number of nitrogens with zero attached hydrogens (tertiary/aromatic N) is 4. The smallest absolute Gasteiger partial charge is 0.422 e. The van der Waals surface area contributed by atoms with Crippen LogP contribution in [-0.4, -0.2) is 53.3 Å². The lowest BCUT2D eigenvalue weighted by atomic mass is 10.2. The molecule has 0 aliphatic rings. The fourth-order valence-corrected chi connectivity index (χ4v) is 5.40. The first-order valence-electron chi connectivity index (χ1n) is 12.8. The molecule has 0 fully saturated rings. The van der Waals surface area contributed by atoms with Crippen LogP contribution in [0, 0.1) is 6.92 Å². The number of ether oxygens (including phenoxy) is 3. The quantitative estimate of drug-likeness (QED) is 0.231. The number of anilines is 1. The Labute approximate surface area is 239 Å². The van der Waals surface area contributed by atoms with E-state index in [1.165, 1.54) is 64.4 Å². The third-order valence-electron chi connectivity index (χ3n) is 6.45. The van der Waals surface area contributed by atoms with Crippen molar-refractivity contribution in [3.8, 4) is 23.0 Å². The Hall–Kier alpha value is -4.18. The summed E-state index contributed by atoms with van der Waals surface area (Å²) in [6, 6.07) is 6.83. The first kappa shape index (κ1) is 30.8. The number of sulfonamides is 1. The predicted octanol–water partition coefficient (Wildman–Crippen LogP) is 3.57. The number of hydrogen-bond donors (Lipinski definition) is 2. The summed E-state index contributed by atoms with van der Waals surface area (Å²) in [5, 5.41) is 3.99. The molecular weight excluding hydrogens is 581 g/mol. The van der Waals surface area contributed by atoms with E-state index in [0.29, 0.717) is 36.1 Å². The molecule has 4 rings (SSSR count). The molecule has 2 heterocycles. The molecule has 2 aromatic carbocycles. The Morgan fingerprint density at radius 2 is 1.57 bits per heavy atom. The van der Waals surface area contributed by atoms with Gasteiger partial charge < -0.3 is 19.9 Å². The SMILES string of the molecule is Cc1c(S(=O)(=O)Nc2cc3c(cc2Oc2cc(OCCCCN)cc(OCC(F)(F)F)c2)n(C)c(=O)n3C)cnn1C. The zero-order valence-electron chi connectivity index (χ0n) is 23.4. The molecule has 0 saturated carbocycles. The number of nitrogens with one attached hydrogen (secondary N) is 1. The average molecular weight is 613 g/mol. The van der Waals surface area contributed by atoms with Crippen molar-refractivity contribution in [3.05, 3.63) is 52.7 Å². The number of aryl methyl sites for hydroxylation is 3. The lowest BCUT2D eigenvalue weighted by Crippen LogP contribution is -2.19. The second-order valence-electron chi connectivity index (χ2n) is 9.55. The summed E-state index contributed by atoms with van der Waals surface area (Å²) >= 11 is 0. The van der Waals surface area contributed by atoms with Gasteiger partial charge in [0.05, 0.1) is 35.2 Å². The first-order chi connectivity index (χ1) is 19.7. The van der Waals surface area contributed by atoms with Gasteiger partial charge in [-0.05, 0) is 32.4 Å². The van der Waals surface area contributed by atoms with Crippen LogP contribution in [0.4, 0.5) is 18.9 Å². The molecule has 228 valence electrons. The largest absolute Gasteiger partial charge is 0.493 e. The summed E-state index contributed by atoms with van der Waals surface area (Å²) in [7, 11) is 0.492. The highest BCUT2D eigenvalue weighted by Gasteiger charge is 2.29. The lowest BCUT2D eigenvalue weighted by Gasteiger charge is -2.17. The highest BCUT2D eigenvalue weighted by molar-refractivity contribution is 7.92. The van der Waals surface area contributed by atoms with Gasteiger partial charge in [-0.3, -0.25) is 18.5 Å². The zero-order valence-corrected chi connectivity index (χ0v) is 24.2. The van der Waals surface area contributed by atoms with E-state index in [9.17, 15) is 26.4 Å². The zero-order chi connectivity index (χ0) is 30.8. The van der Waals surface area contributed by atoms with Gasteiger partial charge in [0.15, 0.2) is 12.4 Å². The molecule has 12 nitrogen and oxygen atoms in total. The van der Waals surface area contributed by atoms with Crippen LogP contribution >= 0.6 is 0 Å². The molecule has 0 bridgehead atoms. The Balaban J connectivity index is 1.78. The number of alkyl halides is 3. The fourth-order valence-electron chi connectivity index (χ4n) is 4.13. The minimum Gasteiger partial charge on any atom is -0.493 e. The summed E-state index contributed by atoms with van der Waals surface area (Å²) in [5.74, 6) is -0.0411. The molecule has 0 saturated heterocycles. The average Bonchev–Trinajstić information content (AvgIpc) is 3.36. The minimum atomic E-state index is -4.59. The maximum Gasteiger partial charge on any atom is 0.422 e. The topological polar surface area (TPSA) is 145 Å². The Morgan fingerprint density at radius 3 is 2.17 bits per heavy atom. The van der Waals surface area contributed by atoms with Gasteiger partial charge in [0, 0.05) is 45.4 Å². The second-order valence-corrected chi connectivity index (χ2v) is 11.2. The van der Waals surface area contributed by atoms with E-state index in [1.807, 2.05) is 0 Å². The van der Waals surface area contributed by atoms with Gasteiger partial charge in [-0.1, -0.05) is 0 Å². The van der Waals surface area contributed by atoms with E-state index < -0.39 is 22.8 Å². The van der Waals surface area contributed by atoms with Crippen LogP contribution in [0.2, 0.25) is 0 Å². The number of halogens is 3. The van der Waals surface area contributed by atoms with Gasteiger partial charge in [0.1, 0.15) is 22.1 Å². The van der Waals surface area contributed by atoms with E-state index in [4.69, 9.17) is 19.9 Å². The molecule has 0 atom stereocenters. The van der Waals surface area contributed by atoms with E-state index in [0.717, 1.165) is 0 Å². The van der Waals surface area contributed by atoms with Crippen molar-refractivity contribution < 1.29 is 35.8 Å². The molecule has 0 radical (unpaired) electrons. The number of nitrogens with two attached hydrogens (primary N) is 1. The molecule has 2 aromatic heterocycles. The number of rotatable bonds is 12. The van der Waals surface area contributed by atoms with Crippen LogP contribution in [0.25, 0.3) is 11.0 Å². The van der Waals surface area contributed by atoms with Crippen LogP contribution in [0.15, 0.2) is 46.2 Å². The van der Waals surface area contributed by atoms with Gasteiger partial charge in [-0.2, -0.15) is 18.3 Å². The van der Waals surface area contributed by atoms with Crippen molar-refractivity contribution in [1.82, 2.24) is 18.9 Å². The molecule has 42 heavy (non-hydrogen) atoms. The van der Waals surface area contributed by atoms with Crippen LogP contribution in [0.1, 0.15) is 18.5 Å². The van der Waals surface area contributed by atoms with Crippen molar-refractivity contribution >= 4 is 26.7 Å². The van der Waals surface area contributed by atoms with Crippen LogP contribution in [0.3, 0.4) is 0 Å². The number of benzene rings is 2. The van der Waals surface area contributed by atoms with Crippen molar-refractivity contribution in [1.29, 1.82) is 0 Å². The number of unbranched alkanes of at least 4 members (excludes halogenated alkanes) is 1. The molecule has 4 aromatic rings. The van der Waals surface area contributed by atoms with Gasteiger partial charge >= 0.3 is 11.9 Å². The predicted molar refractivity (Wildman–Crippen MR) is 149 cm³/mol. The Kier molecular flexibility index (Phi) is 8.77. The summed E-state index contributed by atoms with van der Waals surface area (Å²) < 4.78 is 88.6. The molecule has 0 spiro atoms. The molecule has 0 unspecified atom stereocenters. The van der Waals surface area contributed by atoms with Crippen molar-refractivity contribution in [2.75, 3.05) is 24.5 Å². The third-order valence-corrected chi connectivity index (χ3v) is 7.92. The summed E-state index contributed by atoms with van der Waals surface area (Å²) in [6.45, 7) is 0.738. The molecule has 16 heteroatoms.